The van der Waals surface area contributed by atoms with E-state index >= 15 is 0 Å². The summed E-state index contributed by atoms with van der Waals surface area (Å²) >= 11 is 0. The molecule has 3 aromatic carbocycles. The van der Waals surface area contributed by atoms with Gasteiger partial charge < -0.3 is 4.90 Å². The number of nitrogens with zero attached hydrogens (tertiary/aromatic N) is 1. The number of anilines is 1. The summed E-state index contributed by atoms with van der Waals surface area (Å²) in [5.74, 6) is 0.981. The lowest BCUT2D eigenvalue weighted by molar-refractivity contribution is 0.0981. The number of carbonyl (C=O) groups excluding carboxylic acids is 1. The van der Waals surface area contributed by atoms with Gasteiger partial charge in [-0.05, 0) is 46.4 Å². The van der Waals surface area contributed by atoms with E-state index in [2.05, 4.69) is 65.6 Å². The first-order valence-corrected chi connectivity index (χ1v) is 8.95. The molecule has 3 aliphatic rings. The highest BCUT2D eigenvalue weighted by Crippen LogP contribution is 2.57. The van der Waals surface area contributed by atoms with Crippen molar-refractivity contribution >= 4 is 22.4 Å². The van der Waals surface area contributed by atoms with Gasteiger partial charge in [0.25, 0.3) is 5.91 Å². The van der Waals surface area contributed by atoms with Crippen LogP contribution in [-0.2, 0) is 0 Å². The standard InChI is InChI=1S/C23H17NO/c25-23-19-9-4-3-8-18(19)22-17-11-5-10-16(17)21-15-7-2-1-6-14(15)12-13-20(21)24(22)23/h1-10,12-13,16-17,22H,11H2/t16-,17-,22+/m0/s1. The molecule has 2 aliphatic heterocycles. The summed E-state index contributed by atoms with van der Waals surface area (Å²) in [4.78, 5) is 15.3. The lowest BCUT2D eigenvalue weighted by Crippen LogP contribution is -2.38. The van der Waals surface area contributed by atoms with E-state index in [1.54, 1.807) is 0 Å². The predicted octanol–water partition coefficient (Wildman–Crippen LogP) is 5.21. The van der Waals surface area contributed by atoms with Crippen molar-refractivity contribution in [1.82, 2.24) is 0 Å². The molecular formula is C23H17NO. The summed E-state index contributed by atoms with van der Waals surface area (Å²) in [5.41, 5.74) is 4.50. The second-order valence-corrected chi connectivity index (χ2v) is 7.28. The largest absolute Gasteiger partial charge is 0.300 e. The van der Waals surface area contributed by atoms with Gasteiger partial charge in [0.15, 0.2) is 0 Å². The molecule has 6 rings (SSSR count). The Kier molecular flexibility index (Phi) is 2.47. The number of hydrogen-bond donors (Lipinski definition) is 0. The fraction of sp³-hybridized carbons (Fsp3) is 0.174. The molecule has 0 fully saturated rings. The minimum Gasteiger partial charge on any atom is -0.300 e. The fourth-order valence-electron chi connectivity index (χ4n) is 5.18. The molecule has 3 atom stereocenters. The molecule has 3 aromatic rings. The first-order chi connectivity index (χ1) is 12.3. The van der Waals surface area contributed by atoms with Crippen LogP contribution in [-0.4, -0.2) is 5.91 Å². The smallest absolute Gasteiger partial charge is 0.259 e. The molecule has 0 saturated heterocycles. The molecule has 2 heterocycles. The van der Waals surface area contributed by atoms with E-state index in [0.717, 1.165) is 17.7 Å². The number of rotatable bonds is 0. The van der Waals surface area contributed by atoms with Gasteiger partial charge in [-0.1, -0.05) is 60.7 Å². The molecule has 1 aliphatic carbocycles. The van der Waals surface area contributed by atoms with Crippen LogP contribution >= 0.6 is 0 Å². The van der Waals surface area contributed by atoms with Crippen LogP contribution in [0, 0.1) is 5.92 Å². The molecule has 2 heteroatoms. The molecule has 0 N–H and O–H groups in total. The maximum atomic E-state index is 13.2. The van der Waals surface area contributed by atoms with E-state index in [1.165, 1.54) is 21.9 Å². The van der Waals surface area contributed by atoms with Crippen molar-refractivity contribution in [3.05, 3.63) is 89.5 Å². The minimum absolute atomic E-state index is 0.155. The Morgan fingerprint density at radius 1 is 0.920 bits per heavy atom. The van der Waals surface area contributed by atoms with E-state index in [9.17, 15) is 4.79 Å². The third-order valence-corrected chi connectivity index (χ3v) is 6.17. The number of benzene rings is 3. The highest BCUT2D eigenvalue weighted by molar-refractivity contribution is 6.13. The summed E-state index contributed by atoms with van der Waals surface area (Å²) in [6.45, 7) is 0. The fourth-order valence-corrected chi connectivity index (χ4v) is 5.18. The lowest BCUT2D eigenvalue weighted by atomic mass is 9.75. The predicted molar refractivity (Wildman–Crippen MR) is 99.9 cm³/mol. The van der Waals surface area contributed by atoms with Crippen LogP contribution < -0.4 is 4.90 Å². The molecule has 0 bridgehead atoms. The van der Waals surface area contributed by atoms with E-state index in [1.807, 2.05) is 12.1 Å². The molecule has 0 radical (unpaired) electrons. The molecule has 120 valence electrons. The lowest BCUT2D eigenvalue weighted by Gasteiger charge is -2.41. The highest BCUT2D eigenvalue weighted by Gasteiger charge is 2.49. The zero-order chi connectivity index (χ0) is 16.5. The second kappa shape index (κ2) is 4.60. The number of hydrogen-bond acceptors (Lipinski definition) is 1. The topological polar surface area (TPSA) is 20.3 Å². The quantitative estimate of drug-likeness (QED) is 0.520. The summed E-state index contributed by atoms with van der Waals surface area (Å²) in [6, 6.07) is 21.2. The maximum Gasteiger partial charge on any atom is 0.259 e. The Bertz CT molecular complexity index is 1080. The van der Waals surface area contributed by atoms with Crippen LogP contribution in [0.2, 0.25) is 0 Å². The van der Waals surface area contributed by atoms with Crippen molar-refractivity contribution in [2.75, 3.05) is 4.90 Å². The van der Waals surface area contributed by atoms with Crippen molar-refractivity contribution in [1.29, 1.82) is 0 Å². The van der Waals surface area contributed by atoms with Gasteiger partial charge in [0.05, 0.1) is 6.04 Å². The molecular weight excluding hydrogens is 306 g/mol. The third kappa shape index (κ3) is 1.57. The van der Waals surface area contributed by atoms with Gasteiger partial charge in [-0.25, -0.2) is 0 Å². The van der Waals surface area contributed by atoms with Crippen molar-refractivity contribution in [2.45, 2.75) is 18.4 Å². The summed E-state index contributed by atoms with van der Waals surface area (Å²) < 4.78 is 0. The Labute approximate surface area is 146 Å². The summed E-state index contributed by atoms with van der Waals surface area (Å²) in [5, 5.41) is 2.53. The minimum atomic E-state index is 0.155. The second-order valence-electron chi connectivity index (χ2n) is 7.28. The number of allylic oxidation sites excluding steroid dienone is 2. The molecule has 25 heavy (non-hydrogen) atoms. The van der Waals surface area contributed by atoms with E-state index in [0.29, 0.717) is 11.8 Å². The van der Waals surface area contributed by atoms with Gasteiger partial charge in [-0.3, -0.25) is 4.79 Å². The van der Waals surface area contributed by atoms with Gasteiger partial charge in [-0.2, -0.15) is 0 Å². The molecule has 0 aromatic heterocycles. The van der Waals surface area contributed by atoms with Gasteiger partial charge in [0.1, 0.15) is 0 Å². The molecule has 0 spiro atoms. The Morgan fingerprint density at radius 2 is 1.76 bits per heavy atom. The van der Waals surface area contributed by atoms with Crippen LogP contribution in [0.1, 0.15) is 39.9 Å². The van der Waals surface area contributed by atoms with Crippen molar-refractivity contribution in [3.8, 4) is 0 Å². The van der Waals surface area contributed by atoms with Crippen LogP contribution in [0.4, 0.5) is 5.69 Å². The Morgan fingerprint density at radius 3 is 2.72 bits per heavy atom. The number of carbonyl (C=O) groups is 1. The highest BCUT2D eigenvalue weighted by atomic mass is 16.2. The van der Waals surface area contributed by atoms with E-state index in [-0.39, 0.29) is 11.9 Å². The van der Waals surface area contributed by atoms with Crippen molar-refractivity contribution < 1.29 is 4.79 Å². The first kappa shape index (κ1) is 13.4. The monoisotopic (exact) mass is 323 g/mol. The van der Waals surface area contributed by atoms with E-state index < -0.39 is 0 Å². The average Bonchev–Trinajstić information content (AvgIpc) is 3.25. The normalized spacial score (nSPS) is 25.7. The number of fused-ring (bicyclic) bond motifs is 10. The first-order valence-electron chi connectivity index (χ1n) is 8.95. The van der Waals surface area contributed by atoms with E-state index in [4.69, 9.17) is 0 Å². The van der Waals surface area contributed by atoms with Gasteiger partial charge in [0, 0.05) is 17.2 Å². The molecule has 2 nitrogen and oxygen atoms in total. The SMILES string of the molecule is O=C1c2ccccc2[C@H]2[C@H]3CC=C[C@@H]3c3c(ccc4ccccc34)N12. The molecule has 1 amide bonds. The van der Waals surface area contributed by atoms with Crippen molar-refractivity contribution in [2.24, 2.45) is 5.92 Å². The number of amides is 1. The zero-order valence-corrected chi connectivity index (χ0v) is 13.7. The van der Waals surface area contributed by atoms with Crippen LogP contribution in [0.3, 0.4) is 0 Å². The molecule has 0 saturated carbocycles. The summed E-state index contributed by atoms with van der Waals surface area (Å²) in [7, 11) is 0. The van der Waals surface area contributed by atoms with Crippen LogP contribution in [0.25, 0.3) is 10.8 Å². The molecule has 0 unspecified atom stereocenters. The van der Waals surface area contributed by atoms with Crippen molar-refractivity contribution in [3.63, 3.8) is 0 Å². The summed E-state index contributed by atoms with van der Waals surface area (Å²) in [6.07, 6.45) is 5.70. The van der Waals surface area contributed by atoms with Crippen LogP contribution in [0.15, 0.2) is 72.8 Å². The average molecular weight is 323 g/mol. The van der Waals surface area contributed by atoms with Gasteiger partial charge >= 0.3 is 0 Å². The van der Waals surface area contributed by atoms with Crippen LogP contribution in [0.5, 0.6) is 0 Å². The Balaban J connectivity index is 1.69. The van der Waals surface area contributed by atoms with Gasteiger partial charge in [-0.15, -0.1) is 0 Å². The maximum absolute atomic E-state index is 13.2. The Hall–Kier alpha value is -2.87. The zero-order valence-electron chi connectivity index (χ0n) is 13.7. The van der Waals surface area contributed by atoms with Gasteiger partial charge in [0.2, 0.25) is 0 Å². The third-order valence-electron chi connectivity index (χ3n) is 6.17.